The number of nitro groups is 1. The molecule has 156 valence electrons. The standard InChI is InChI=1S/C21H21N4O4.BrH/c1-29-19-5-2-4-16(14-19)10-13-24-20-22-11-3-12-23(20)15-21(24,26)17-6-8-18(9-7-17)25(27)28;/h2-9,11-12,14,26H,10,13,15H2,1H3;1H/q+1;/p-1. The van der Waals surface area contributed by atoms with Gasteiger partial charge in [0.25, 0.3) is 5.69 Å². The molecule has 8 nitrogen and oxygen atoms in total. The van der Waals surface area contributed by atoms with Crippen LogP contribution in [0.3, 0.4) is 0 Å². The van der Waals surface area contributed by atoms with Gasteiger partial charge in [0.15, 0.2) is 0 Å². The second-order valence-electron chi connectivity index (χ2n) is 6.92. The summed E-state index contributed by atoms with van der Waals surface area (Å²) < 4.78 is 7.17. The lowest BCUT2D eigenvalue weighted by molar-refractivity contribution is -0.685. The average molecular weight is 473 g/mol. The maximum absolute atomic E-state index is 11.6. The minimum absolute atomic E-state index is 0. The van der Waals surface area contributed by atoms with Crippen molar-refractivity contribution in [1.82, 2.24) is 4.98 Å². The second kappa shape index (κ2) is 8.76. The summed E-state index contributed by atoms with van der Waals surface area (Å²) in [6.45, 7) is 0.795. The number of fused-ring (bicyclic) bond motifs is 1. The van der Waals surface area contributed by atoms with Crippen LogP contribution < -0.4 is 31.2 Å². The Kier molecular flexibility index (Phi) is 6.33. The van der Waals surface area contributed by atoms with Crippen molar-refractivity contribution in [2.24, 2.45) is 0 Å². The highest BCUT2D eigenvalue weighted by molar-refractivity contribution is 5.42. The number of aromatic nitrogens is 2. The summed E-state index contributed by atoms with van der Waals surface area (Å²) in [5.74, 6) is 1.43. The lowest BCUT2D eigenvalue weighted by atomic mass is 10.0. The predicted octanol–water partition coefficient (Wildman–Crippen LogP) is -0.802. The van der Waals surface area contributed by atoms with Crippen molar-refractivity contribution in [2.75, 3.05) is 18.6 Å². The fraction of sp³-hybridized carbons (Fsp3) is 0.238. The van der Waals surface area contributed by atoms with Crippen LogP contribution in [0.4, 0.5) is 11.6 Å². The SMILES string of the molecule is COc1cccc(CCN2c3nccc[n+]3CC2(O)c2ccc([N+](=O)[O-])cc2)c1.[Br-]. The van der Waals surface area contributed by atoms with Gasteiger partial charge in [-0.3, -0.25) is 10.1 Å². The molecule has 1 aliphatic heterocycles. The molecule has 0 amide bonds. The maximum atomic E-state index is 11.6. The molecular weight excluding hydrogens is 452 g/mol. The first-order chi connectivity index (χ1) is 14.0. The normalized spacial score (nSPS) is 17.2. The molecule has 0 saturated heterocycles. The molecule has 3 aromatic rings. The van der Waals surface area contributed by atoms with Crippen LogP contribution in [0.15, 0.2) is 67.0 Å². The molecule has 2 aromatic carbocycles. The lowest BCUT2D eigenvalue weighted by Gasteiger charge is -2.28. The topological polar surface area (TPSA) is 92.6 Å². The number of benzene rings is 2. The molecule has 1 aliphatic rings. The molecule has 0 saturated carbocycles. The van der Waals surface area contributed by atoms with E-state index in [4.69, 9.17) is 4.74 Å². The van der Waals surface area contributed by atoms with E-state index >= 15 is 0 Å². The van der Waals surface area contributed by atoms with Crippen LogP contribution in [0.5, 0.6) is 5.75 Å². The monoisotopic (exact) mass is 472 g/mol. The third kappa shape index (κ3) is 3.99. The number of hydrogen-bond donors (Lipinski definition) is 1. The molecule has 1 N–H and O–H groups in total. The Morgan fingerprint density at radius 3 is 2.73 bits per heavy atom. The summed E-state index contributed by atoms with van der Waals surface area (Å²) in [6, 6.07) is 15.6. The third-order valence-electron chi connectivity index (χ3n) is 5.18. The highest BCUT2D eigenvalue weighted by Gasteiger charge is 2.51. The molecule has 0 aliphatic carbocycles. The van der Waals surface area contributed by atoms with Crippen LogP contribution in [-0.4, -0.2) is 28.7 Å². The van der Waals surface area contributed by atoms with Crippen LogP contribution in [0.2, 0.25) is 0 Å². The Labute approximate surface area is 184 Å². The molecule has 0 radical (unpaired) electrons. The van der Waals surface area contributed by atoms with Gasteiger partial charge in [-0.05, 0) is 29.8 Å². The van der Waals surface area contributed by atoms with Gasteiger partial charge in [0.05, 0.1) is 24.8 Å². The predicted molar refractivity (Wildman–Crippen MR) is 105 cm³/mol. The van der Waals surface area contributed by atoms with Gasteiger partial charge in [0, 0.05) is 30.2 Å². The first kappa shape index (κ1) is 21.7. The van der Waals surface area contributed by atoms with E-state index in [9.17, 15) is 15.2 Å². The molecule has 30 heavy (non-hydrogen) atoms. The van der Waals surface area contributed by atoms with E-state index < -0.39 is 10.6 Å². The van der Waals surface area contributed by atoms with Gasteiger partial charge in [-0.15, -0.1) is 0 Å². The van der Waals surface area contributed by atoms with Crippen LogP contribution in [-0.2, 0) is 18.7 Å². The van der Waals surface area contributed by atoms with E-state index in [0.29, 0.717) is 24.5 Å². The van der Waals surface area contributed by atoms with E-state index in [-0.39, 0.29) is 29.2 Å². The molecule has 1 atom stereocenters. The molecule has 0 fully saturated rings. The number of ether oxygens (including phenoxy) is 1. The molecule has 0 spiro atoms. The average Bonchev–Trinajstić information content (AvgIpc) is 3.04. The molecule has 9 heteroatoms. The quantitative estimate of drug-likeness (QED) is 0.286. The Balaban J connectivity index is 0.00000256. The van der Waals surface area contributed by atoms with Crippen molar-refractivity contribution in [3.8, 4) is 5.75 Å². The molecular formula is C21H21BrN4O4. The number of nitro benzene ring substituents is 1. The van der Waals surface area contributed by atoms with Crippen molar-refractivity contribution < 1.29 is 36.3 Å². The zero-order valence-electron chi connectivity index (χ0n) is 16.3. The van der Waals surface area contributed by atoms with Crippen molar-refractivity contribution in [3.63, 3.8) is 0 Å². The van der Waals surface area contributed by atoms with Gasteiger partial charge in [-0.2, -0.15) is 0 Å². The molecule has 0 bridgehead atoms. The number of halogens is 1. The van der Waals surface area contributed by atoms with Crippen LogP contribution in [0.25, 0.3) is 0 Å². The highest BCUT2D eigenvalue weighted by atomic mass is 79.9. The van der Waals surface area contributed by atoms with E-state index in [2.05, 4.69) is 4.98 Å². The summed E-state index contributed by atoms with van der Waals surface area (Å²) in [6.07, 6.45) is 4.22. The van der Waals surface area contributed by atoms with Gasteiger partial charge < -0.3 is 26.8 Å². The van der Waals surface area contributed by atoms with Gasteiger partial charge >= 0.3 is 5.95 Å². The smallest absolute Gasteiger partial charge is 0.396 e. The van der Waals surface area contributed by atoms with Gasteiger partial charge in [-0.25, -0.2) is 9.47 Å². The first-order valence-corrected chi connectivity index (χ1v) is 9.23. The third-order valence-corrected chi connectivity index (χ3v) is 5.18. The number of rotatable bonds is 6. The van der Waals surface area contributed by atoms with E-state index in [1.807, 2.05) is 46.0 Å². The van der Waals surface area contributed by atoms with Crippen molar-refractivity contribution in [3.05, 3.63) is 88.2 Å². The number of hydrogen-bond acceptors (Lipinski definition) is 6. The zero-order chi connectivity index (χ0) is 20.4. The van der Waals surface area contributed by atoms with Gasteiger partial charge in [-0.1, -0.05) is 17.1 Å². The van der Waals surface area contributed by atoms with Crippen LogP contribution in [0.1, 0.15) is 11.1 Å². The zero-order valence-corrected chi connectivity index (χ0v) is 17.9. The largest absolute Gasteiger partial charge is 1.00 e. The Morgan fingerprint density at radius 2 is 2.03 bits per heavy atom. The maximum Gasteiger partial charge on any atom is 0.396 e. The van der Waals surface area contributed by atoms with Crippen molar-refractivity contribution in [2.45, 2.75) is 18.7 Å². The summed E-state index contributed by atoms with van der Waals surface area (Å²) in [5.41, 5.74) is 0.292. The number of non-ortho nitro benzene ring substituents is 1. The molecule has 4 rings (SSSR count). The summed E-state index contributed by atoms with van der Waals surface area (Å²) in [4.78, 5) is 16.8. The van der Waals surface area contributed by atoms with E-state index in [1.165, 1.54) is 12.1 Å². The molecule has 1 unspecified atom stereocenters. The first-order valence-electron chi connectivity index (χ1n) is 9.23. The minimum Gasteiger partial charge on any atom is -1.00 e. The fourth-order valence-electron chi connectivity index (χ4n) is 3.68. The fourth-order valence-corrected chi connectivity index (χ4v) is 3.68. The Hall–Kier alpha value is -3.04. The van der Waals surface area contributed by atoms with Gasteiger partial charge in [0.2, 0.25) is 5.72 Å². The summed E-state index contributed by atoms with van der Waals surface area (Å²) in [5, 5.41) is 22.6. The minimum atomic E-state index is -1.35. The van der Waals surface area contributed by atoms with Crippen molar-refractivity contribution in [1.29, 1.82) is 0 Å². The lowest BCUT2D eigenvalue weighted by Crippen LogP contribution is -3.00. The number of aliphatic hydroxyl groups is 1. The number of methoxy groups -OCH3 is 1. The summed E-state index contributed by atoms with van der Waals surface area (Å²) in [7, 11) is 1.63. The molecule has 2 heterocycles. The van der Waals surface area contributed by atoms with Crippen LogP contribution >= 0.6 is 0 Å². The van der Waals surface area contributed by atoms with Gasteiger partial charge in [0.1, 0.15) is 18.5 Å². The Bertz CT molecular complexity index is 1050. The highest BCUT2D eigenvalue weighted by Crippen LogP contribution is 2.34. The van der Waals surface area contributed by atoms with Crippen molar-refractivity contribution >= 4 is 11.6 Å². The van der Waals surface area contributed by atoms with E-state index in [0.717, 1.165) is 11.3 Å². The van der Waals surface area contributed by atoms with Crippen LogP contribution in [0, 0.1) is 10.1 Å². The number of anilines is 1. The van der Waals surface area contributed by atoms with E-state index in [1.54, 1.807) is 25.4 Å². The number of nitrogens with zero attached hydrogens (tertiary/aromatic N) is 4. The summed E-state index contributed by atoms with van der Waals surface area (Å²) >= 11 is 0. The Morgan fingerprint density at radius 1 is 1.27 bits per heavy atom. The molecule has 1 aromatic heterocycles. The second-order valence-corrected chi connectivity index (χ2v) is 6.92.